The SMILES string of the molecule is CC1CC(=O)N2CCCC2C(=O)N(C)CC(=O)NC(C)C(=O)N2CC3(CC3)CC2C(=O)O1. The summed E-state index contributed by atoms with van der Waals surface area (Å²) < 4.78 is 5.59. The number of nitrogens with one attached hydrogen (secondary N) is 1. The van der Waals surface area contributed by atoms with Crippen molar-refractivity contribution in [1.29, 1.82) is 0 Å². The number of ether oxygens (including phenoxy) is 1. The molecule has 4 unspecified atom stereocenters. The molecule has 1 N–H and O–H groups in total. The molecule has 3 heterocycles. The van der Waals surface area contributed by atoms with Gasteiger partial charge >= 0.3 is 5.97 Å². The van der Waals surface area contributed by atoms with Crippen LogP contribution < -0.4 is 5.32 Å². The van der Waals surface area contributed by atoms with Gasteiger partial charge in [-0.3, -0.25) is 19.2 Å². The van der Waals surface area contributed by atoms with E-state index in [1.165, 1.54) is 21.7 Å². The number of hydrogen-bond donors (Lipinski definition) is 1. The number of esters is 1. The van der Waals surface area contributed by atoms with E-state index in [1.54, 1.807) is 13.8 Å². The van der Waals surface area contributed by atoms with Crippen LogP contribution in [0.4, 0.5) is 0 Å². The molecule has 4 atom stereocenters. The molecule has 0 aromatic rings. The van der Waals surface area contributed by atoms with E-state index < -0.39 is 36.1 Å². The number of fused-ring (bicyclic) bond motifs is 2. The molecule has 4 amide bonds. The summed E-state index contributed by atoms with van der Waals surface area (Å²) in [6.07, 6.45) is 2.99. The van der Waals surface area contributed by atoms with Crippen LogP contribution in [0.25, 0.3) is 0 Å². The summed E-state index contributed by atoms with van der Waals surface area (Å²) in [6, 6.07) is -2.17. The average molecular weight is 449 g/mol. The predicted molar refractivity (Wildman–Crippen MR) is 112 cm³/mol. The zero-order chi connectivity index (χ0) is 23.2. The van der Waals surface area contributed by atoms with Crippen LogP contribution in [0.15, 0.2) is 0 Å². The predicted octanol–water partition coefficient (Wildman–Crippen LogP) is -0.343. The van der Waals surface area contributed by atoms with Crippen LogP contribution in [-0.4, -0.2) is 95.2 Å². The molecule has 0 aromatic carbocycles. The molecule has 4 aliphatic rings. The third-order valence-corrected chi connectivity index (χ3v) is 7.16. The summed E-state index contributed by atoms with van der Waals surface area (Å²) in [5.41, 5.74) is -0.0412. The highest BCUT2D eigenvalue weighted by molar-refractivity contribution is 5.94. The fourth-order valence-electron chi connectivity index (χ4n) is 5.19. The minimum atomic E-state index is -0.829. The van der Waals surface area contributed by atoms with Gasteiger partial charge in [0.1, 0.15) is 24.2 Å². The van der Waals surface area contributed by atoms with Gasteiger partial charge in [0.05, 0.1) is 13.0 Å². The van der Waals surface area contributed by atoms with Crippen molar-refractivity contribution in [3.05, 3.63) is 0 Å². The van der Waals surface area contributed by atoms with E-state index >= 15 is 0 Å². The Labute approximate surface area is 187 Å². The molecule has 0 bridgehead atoms. The quantitative estimate of drug-likeness (QED) is 0.507. The number of rotatable bonds is 0. The second-order valence-corrected chi connectivity index (χ2v) is 9.87. The van der Waals surface area contributed by atoms with Gasteiger partial charge in [0, 0.05) is 20.1 Å². The molecular weight excluding hydrogens is 416 g/mol. The van der Waals surface area contributed by atoms with Crippen LogP contribution in [-0.2, 0) is 28.7 Å². The summed E-state index contributed by atoms with van der Waals surface area (Å²) >= 11 is 0. The summed E-state index contributed by atoms with van der Waals surface area (Å²) in [5.74, 6) is -1.87. The van der Waals surface area contributed by atoms with E-state index in [-0.39, 0.29) is 36.1 Å². The number of carbonyl (C=O) groups is 5. The van der Waals surface area contributed by atoms with E-state index in [1.807, 2.05) is 0 Å². The first-order valence-corrected chi connectivity index (χ1v) is 11.4. The maximum Gasteiger partial charge on any atom is 0.329 e. The zero-order valence-corrected chi connectivity index (χ0v) is 19.0. The molecule has 4 fully saturated rings. The maximum absolute atomic E-state index is 13.1. The van der Waals surface area contributed by atoms with Crippen LogP contribution >= 0.6 is 0 Å². The molecule has 3 aliphatic heterocycles. The molecule has 3 saturated heterocycles. The number of amides is 4. The Morgan fingerprint density at radius 3 is 2.41 bits per heavy atom. The largest absolute Gasteiger partial charge is 0.461 e. The molecule has 32 heavy (non-hydrogen) atoms. The van der Waals surface area contributed by atoms with Gasteiger partial charge < -0.3 is 24.8 Å². The molecule has 0 radical (unpaired) electrons. The number of likely N-dealkylation sites (N-methyl/N-ethyl adjacent to an activating group) is 1. The standard InChI is InChI=1S/C22H32N4O6/c1-13-9-18(28)25-8-4-5-15(25)20(30)24(3)11-17(27)23-14(2)19(29)26-12-22(6-7-22)10-16(26)21(31)32-13/h13-16H,4-12H2,1-3H3,(H,23,27). The zero-order valence-electron chi connectivity index (χ0n) is 19.0. The van der Waals surface area contributed by atoms with Gasteiger partial charge in [-0.15, -0.1) is 0 Å². The van der Waals surface area contributed by atoms with Gasteiger partial charge in [-0.2, -0.15) is 0 Å². The van der Waals surface area contributed by atoms with Crippen LogP contribution in [0.1, 0.15) is 52.4 Å². The molecule has 0 aromatic heterocycles. The first kappa shape index (κ1) is 22.5. The Kier molecular flexibility index (Phi) is 5.89. The highest BCUT2D eigenvalue weighted by Crippen LogP contribution is 2.55. The summed E-state index contributed by atoms with van der Waals surface area (Å²) in [7, 11) is 1.52. The highest BCUT2D eigenvalue weighted by Gasteiger charge is 2.56. The van der Waals surface area contributed by atoms with Crippen LogP contribution in [0.2, 0.25) is 0 Å². The molecule has 4 rings (SSSR count). The van der Waals surface area contributed by atoms with Crippen LogP contribution in [0, 0.1) is 5.41 Å². The van der Waals surface area contributed by atoms with Gasteiger partial charge in [0.25, 0.3) is 0 Å². The van der Waals surface area contributed by atoms with Gasteiger partial charge in [-0.1, -0.05) is 0 Å². The first-order chi connectivity index (χ1) is 15.1. The van der Waals surface area contributed by atoms with E-state index in [0.29, 0.717) is 32.4 Å². The molecule has 10 heteroatoms. The number of hydrogen-bond acceptors (Lipinski definition) is 6. The monoisotopic (exact) mass is 448 g/mol. The number of carbonyl (C=O) groups excluding carboxylic acids is 5. The minimum absolute atomic E-state index is 0.0259. The normalized spacial score (nSPS) is 33.8. The van der Waals surface area contributed by atoms with E-state index in [9.17, 15) is 24.0 Å². The second-order valence-electron chi connectivity index (χ2n) is 9.87. The third kappa shape index (κ3) is 4.31. The lowest BCUT2D eigenvalue weighted by atomic mass is 10.0. The van der Waals surface area contributed by atoms with Crippen molar-refractivity contribution in [1.82, 2.24) is 20.0 Å². The van der Waals surface area contributed by atoms with Crippen molar-refractivity contribution >= 4 is 29.6 Å². The first-order valence-electron chi connectivity index (χ1n) is 11.4. The third-order valence-electron chi connectivity index (χ3n) is 7.16. The van der Waals surface area contributed by atoms with Crippen molar-refractivity contribution in [2.45, 2.75) is 76.6 Å². The Morgan fingerprint density at radius 1 is 1.00 bits per heavy atom. The Bertz CT molecular complexity index is 840. The fraction of sp³-hybridized carbons (Fsp3) is 0.773. The van der Waals surface area contributed by atoms with Crippen molar-refractivity contribution in [2.24, 2.45) is 5.41 Å². The Balaban J connectivity index is 1.58. The molecule has 176 valence electrons. The summed E-state index contributed by atoms with van der Waals surface area (Å²) in [6.45, 7) is 3.97. The van der Waals surface area contributed by atoms with E-state index in [4.69, 9.17) is 4.74 Å². The van der Waals surface area contributed by atoms with Crippen molar-refractivity contribution in [3.63, 3.8) is 0 Å². The molecule has 10 nitrogen and oxygen atoms in total. The Morgan fingerprint density at radius 2 is 1.72 bits per heavy atom. The van der Waals surface area contributed by atoms with Gasteiger partial charge in [-0.25, -0.2) is 4.79 Å². The van der Waals surface area contributed by atoms with Crippen LogP contribution in [0.5, 0.6) is 0 Å². The molecule has 1 spiro atoms. The Hall–Kier alpha value is -2.65. The lowest BCUT2D eigenvalue weighted by Crippen LogP contribution is -2.54. The number of cyclic esters (lactones) is 1. The average Bonchev–Trinajstić information content (AvgIpc) is 3.13. The van der Waals surface area contributed by atoms with Crippen molar-refractivity contribution in [2.75, 3.05) is 26.7 Å². The summed E-state index contributed by atoms with van der Waals surface area (Å²) in [4.78, 5) is 68.8. The van der Waals surface area contributed by atoms with E-state index in [2.05, 4.69) is 5.32 Å². The van der Waals surface area contributed by atoms with Crippen LogP contribution in [0.3, 0.4) is 0 Å². The van der Waals surface area contributed by atoms with Crippen molar-refractivity contribution < 1.29 is 28.7 Å². The smallest absolute Gasteiger partial charge is 0.329 e. The second kappa shape index (κ2) is 8.37. The van der Waals surface area contributed by atoms with Gasteiger partial charge in [0.2, 0.25) is 23.6 Å². The maximum atomic E-state index is 13.1. The number of nitrogens with zero attached hydrogens (tertiary/aromatic N) is 3. The summed E-state index contributed by atoms with van der Waals surface area (Å²) in [5, 5.41) is 2.66. The fourth-order valence-corrected chi connectivity index (χ4v) is 5.19. The van der Waals surface area contributed by atoms with Crippen molar-refractivity contribution in [3.8, 4) is 0 Å². The minimum Gasteiger partial charge on any atom is -0.461 e. The van der Waals surface area contributed by atoms with Gasteiger partial charge in [0.15, 0.2) is 0 Å². The lowest BCUT2D eigenvalue weighted by molar-refractivity contribution is -0.160. The van der Waals surface area contributed by atoms with E-state index in [0.717, 1.165) is 12.8 Å². The lowest BCUT2D eigenvalue weighted by Gasteiger charge is -2.31. The van der Waals surface area contributed by atoms with Gasteiger partial charge in [-0.05, 0) is 51.4 Å². The topological polar surface area (TPSA) is 116 Å². The highest BCUT2D eigenvalue weighted by atomic mass is 16.5. The molecule has 1 saturated carbocycles. The molecular formula is C22H32N4O6. The molecule has 1 aliphatic carbocycles.